The Morgan fingerprint density at radius 3 is 2.59 bits per heavy atom. The largest absolute Gasteiger partial charge is 0.291 e. The Morgan fingerprint density at radius 1 is 1.22 bits per heavy atom. The van der Waals surface area contributed by atoms with E-state index >= 15 is 0 Å². The maximum Gasteiger partial charge on any atom is 0.251 e. The number of rotatable bonds is 6. The minimum atomic E-state index is -0.473. The Labute approximate surface area is 163 Å². The van der Waals surface area contributed by atoms with Gasteiger partial charge in [-0.1, -0.05) is 42.8 Å². The molecule has 2 heterocycles. The van der Waals surface area contributed by atoms with E-state index in [9.17, 15) is 4.79 Å². The number of anilines is 1. The number of benzene rings is 1. The van der Waals surface area contributed by atoms with Gasteiger partial charge in [0.25, 0.3) is 5.91 Å². The van der Waals surface area contributed by atoms with Crippen LogP contribution in [0, 0.1) is 20.8 Å². The number of nitrogens with zero attached hydrogens (tertiary/aromatic N) is 5. The van der Waals surface area contributed by atoms with Crippen LogP contribution < -0.4 is 5.32 Å². The lowest BCUT2D eigenvalue weighted by Gasteiger charge is -2.16. The standard InChI is InChI=1S/C19H23ClN6O/c1-5-16(26-14(4)17(20)13(3)23-26)18(27)22-19-21-11-25(24-19)10-15-9-7-6-8-12(15)2/h6-9,11,16H,5,10H2,1-4H3,(H,22,24,27). The zero-order valence-electron chi connectivity index (χ0n) is 15.9. The Hall–Kier alpha value is -2.67. The second-order valence-corrected chi connectivity index (χ2v) is 6.91. The summed E-state index contributed by atoms with van der Waals surface area (Å²) in [5, 5.41) is 12.1. The molecule has 0 aliphatic heterocycles. The minimum absolute atomic E-state index is 0.214. The van der Waals surface area contributed by atoms with Crippen LogP contribution in [-0.2, 0) is 11.3 Å². The molecule has 3 aromatic rings. The second kappa shape index (κ2) is 7.92. The third kappa shape index (κ3) is 4.03. The SMILES string of the molecule is CCC(C(=O)Nc1ncn(Cc2ccccc2C)n1)n1nc(C)c(Cl)c1C. The van der Waals surface area contributed by atoms with Crippen LogP contribution in [0.1, 0.15) is 41.9 Å². The number of carbonyl (C=O) groups is 1. The maximum atomic E-state index is 12.7. The third-order valence-electron chi connectivity index (χ3n) is 4.59. The Morgan fingerprint density at radius 2 is 1.96 bits per heavy atom. The Kier molecular flexibility index (Phi) is 5.60. The summed E-state index contributed by atoms with van der Waals surface area (Å²) in [5.74, 6) is 0.0630. The molecule has 0 aliphatic carbocycles. The predicted molar refractivity (Wildman–Crippen MR) is 105 cm³/mol. The van der Waals surface area contributed by atoms with Crippen LogP contribution >= 0.6 is 11.6 Å². The number of carbonyl (C=O) groups excluding carboxylic acids is 1. The van der Waals surface area contributed by atoms with E-state index in [2.05, 4.69) is 39.6 Å². The van der Waals surface area contributed by atoms with Crippen molar-refractivity contribution >= 4 is 23.5 Å². The highest BCUT2D eigenvalue weighted by Crippen LogP contribution is 2.24. The van der Waals surface area contributed by atoms with Crippen molar-refractivity contribution < 1.29 is 4.79 Å². The van der Waals surface area contributed by atoms with E-state index in [1.165, 1.54) is 5.56 Å². The molecular weight excluding hydrogens is 364 g/mol. The molecule has 0 bridgehead atoms. The van der Waals surface area contributed by atoms with Crippen molar-refractivity contribution in [3.05, 3.63) is 58.1 Å². The second-order valence-electron chi connectivity index (χ2n) is 6.53. The lowest BCUT2D eigenvalue weighted by atomic mass is 10.1. The van der Waals surface area contributed by atoms with Gasteiger partial charge in [-0.15, -0.1) is 5.10 Å². The monoisotopic (exact) mass is 386 g/mol. The lowest BCUT2D eigenvalue weighted by molar-refractivity contribution is -0.119. The topological polar surface area (TPSA) is 77.6 Å². The summed E-state index contributed by atoms with van der Waals surface area (Å²) in [5.41, 5.74) is 3.82. The minimum Gasteiger partial charge on any atom is -0.291 e. The van der Waals surface area contributed by atoms with Crippen LogP contribution in [0.15, 0.2) is 30.6 Å². The molecule has 0 fully saturated rings. The van der Waals surface area contributed by atoms with Crippen molar-refractivity contribution in [2.45, 2.75) is 46.7 Å². The number of aryl methyl sites for hydroxylation is 2. The van der Waals surface area contributed by atoms with Gasteiger partial charge in [0.1, 0.15) is 12.4 Å². The van der Waals surface area contributed by atoms with Crippen molar-refractivity contribution in [3.63, 3.8) is 0 Å². The maximum absolute atomic E-state index is 12.7. The highest BCUT2D eigenvalue weighted by molar-refractivity contribution is 6.31. The van der Waals surface area contributed by atoms with Crippen LogP contribution in [0.3, 0.4) is 0 Å². The van der Waals surface area contributed by atoms with Crippen molar-refractivity contribution in [2.24, 2.45) is 0 Å². The molecule has 7 nitrogen and oxygen atoms in total. The van der Waals surface area contributed by atoms with E-state index in [-0.39, 0.29) is 11.9 Å². The molecule has 1 atom stereocenters. The summed E-state index contributed by atoms with van der Waals surface area (Å²) in [6, 6.07) is 7.63. The molecule has 0 spiro atoms. The predicted octanol–water partition coefficient (Wildman–Crippen LogP) is 3.69. The van der Waals surface area contributed by atoms with Crippen molar-refractivity contribution in [3.8, 4) is 0 Å². The molecule has 0 radical (unpaired) electrons. The number of amides is 1. The molecule has 1 unspecified atom stereocenters. The van der Waals surface area contributed by atoms with E-state index in [0.717, 1.165) is 11.3 Å². The summed E-state index contributed by atoms with van der Waals surface area (Å²) in [6.07, 6.45) is 2.19. The molecule has 1 aromatic carbocycles. The first-order valence-electron chi connectivity index (χ1n) is 8.86. The number of hydrogen-bond acceptors (Lipinski definition) is 4. The molecule has 2 aromatic heterocycles. The number of nitrogens with one attached hydrogen (secondary N) is 1. The lowest BCUT2D eigenvalue weighted by Crippen LogP contribution is -2.27. The van der Waals surface area contributed by atoms with Crippen LogP contribution in [0.25, 0.3) is 0 Å². The Balaban J connectivity index is 1.73. The average Bonchev–Trinajstić information content (AvgIpc) is 3.18. The van der Waals surface area contributed by atoms with E-state index in [0.29, 0.717) is 23.7 Å². The highest BCUT2D eigenvalue weighted by Gasteiger charge is 2.24. The Bertz CT molecular complexity index is 961. The molecule has 0 saturated carbocycles. The number of hydrogen-bond donors (Lipinski definition) is 1. The van der Waals surface area contributed by atoms with Gasteiger partial charge < -0.3 is 0 Å². The van der Waals surface area contributed by atoms with Crippen LogP contribution in [0.5, 0.6) is 0 Å². The van der Waals surface area contributed by atoms with Gasteiger partial charge in [0, 0.05) is 0 Å². The highest BCUT2D eigenvalue weighted by atomic mass is 35.5. The number of aromatic nitrogens is 5. The summed E-state index contributed by atoms with van der Waals surface area (Å²) in [4.78, 5) is 16.9. The van der Waals surface area contributed by atoms with Crippen LogP contribution in [-0.4, -0.2) is 30.5 Å². The van der Waals surface area contributed by atoms with Gasteiger partial charge in [0.2, 0.25) is 5.95 Å². The summed E-state index contributed by atoms with van der Waals surface area (Å²) in [7, 11) is 0. The van der Waals surface area contributed by atoms with E-state index in [1.807, 2.05) is 32.9 Å². The fourth-order valence-electron chi connectivity index (χ4n) is 3.00. The van der Waals surface area contributed by atoms with Gasteiger partial charge in [-0.2, -0.15) is 5.10 Å². The summed E-state index contributed by atoms with van der Waals surface area (Å²) < 4.78 is 3.37. The van der Waals surface area contributed by atoms with Gasteiger partial charge in [-0.3, -0.25) is 14.8 Å². The average molecular weight is 387 g/mol. The molecular formula is C19H23ClN6O. The first-order valence-corrected chi connectivity index (χ1v) is 9.24. The van der Waals surface area contributed by atoms with E-state index in [4.69, 9.17) is 11.6 Å². The molecule has 142 valence electrons. The molecule has 3 rings (SSSR count). The van der Waals surface area contributed by atoms with Crippen molar-refractivity contribution in [2.75, 3.05) is 5.32 Å². The normalized spacial score (nSPS) is 12.2. The summed E-state index contributed by atoms with van der Waals surface area (Å²) in [6.45, 7) is 8.26. The smallest absolute Gasteiger partial charge is 0.251 e. The van der Waals surface area contributed by atoms with E-state index in [1.54, 1.807) is 15.7 Å². The van der Waals surface area contributed by atoms with Crippen LogP contribution in [0.4, 0.5) is 5.95 Å². The van der Waals surface area contributed by atoms with Gasteiger partial charge >= 0.3 is 0 Å². The molecule has 0 saturated heterocycles. The zero-order chi connectivity index (χ0) is 19.6. The number of halogens is 1. The molecule has 8 heteroatoms. The quantitative estimate of drug-likeness (QED) is 0.700. The zero-order valence-corrected chi connectivity index (χ0v) is 16.7. The molecule has 1 N–H and O–H groups in total. The first kappa shape index (κ1) is 19.1. The van der Waals surface area contributed by atoms with E-state index < -0.39 is 6.04 Å². The van der Waals surface area contributed by atoms with Crippen LogP contribution in [0.2, 0.25) is 5.02 Å². The van der Waals surface area contributed by atoms with Gasteiger partial charge in [0.05, 0.1) is 23.0 Å². The van der Waals surface area contributed by atoms with Crippen molar-refractivity contribution in [1.82, 2.24) is 24.5 Å². The van der Waals surface area contributed by atoms with Crippen molar-refractivity contribution in [1.29, 1.82) is 0 Å². The third-order valence-corrected chi connectivity index (χ3v) is 5.13. The van der Waals surface area contributed by atoms with Gasteiger partial charge in [-0.05, 0) is 38.3 Å². The molecule has 0 aliphatic rings. The first-order chi connectivity index (χ1) is 12.9. The van der Waals surface area contributed by atoms with Gasteiger partial charge in [0.15, 0.2) is 0 Å². The summed E-state index contributed by atoms with van der Waals surface area (Å²) >= 11 is 6.21. The molecule has 27 heavy (non-hydrogen) atoms. The molecule has 1 amide bonds. The fourth-order valence-corrected chi connectivity index (χ4v) is 3.12. The van der Waals surface area contributed by atoms with Gasteiger partial charge in [-0.25, -0.2) is 9.67 Å². The fraction of sp³-hybridized carbons (Fsp3) is 0.368.